The van der Waals surface area contributed by atoms with Gasteiger partial charge < -0.3 is 30.0 Å². The van der Waals surface area contributed by atoms with E-state index in [4.69, 9.17) is 14.2 Å². The van der Waals surface area contributed by atoms with Crippen molar-refractivity contribution in [3.8, 4) is 11.5 Å². The van der Waals surface area contributed by atoms with Gasteiger partial charge in [0.25, 0.3) is 15.7 Å². The van der Waals surface area contributed by atoms with Gasteiger partial charge in [-0.2, -0.15) is 13.2 Å². The van der Waals surface area contributed by atoms with Crippen LogP contribution in [0.3, 0.4) is 0 Å². The number of nitrogens with one attached hydrogen (secondary N) is 2. The van der Waals surface area contributed by atoms with Crippen LogP contribution in [0.4, 0.5) is 23.2 Å². The average Bonchev–Trinajstić information content (AvgIpc) is 3.41. The molecule has 0 radical (unpaired) electrons. The van der Waals surface area contributed by atoms with Crippen molar-refractivity contribution < 1.29 is 59.7 Å². The lowest BCUT2D eigenvalue weighted by Gasteiger charge is -2.34. The summed E-state index contributed by atoms with van der Waals surface area (Å²) in [7, 11) is -3.05. The topological polar surface area (TPSA) is 157 Å². The Morgan fingerprint density at radius 1 is 1.00 bits per heavy atom. The van der Waals surface area contributed by atoms with E-state index in [2.05, 4.69) is 10.6 Å². The first-order chi connectivity index (χ1) is 21.5. The maximum Gasteiger partial charge on any atom is 0.501 e. The van der Waals surface area contributed by atoms with Gasteiger partial charge in [0.1, 0.15) is 5.75 Å². The summed E-state index contributed by atoms with van der Waals surface area (Å²) in [5.41, 5.74) is -6.76. The summed E-state index contributed by atoms with van der Waals surface area (Å²) >= 11 is 0. The zero-order chi connectivity index (χ0) is 34.0. The van der Waals surface area contributed by atoms with Gasteiger partial charge in [-0.1, -0.05) is 6.07 Å². The Labute approximate surface area is 262 Å². The first kappa shape index (κ1) is 34.9. The number of hydrogen-bond acceptors (Lipinski definition) is 8. The highest BCUT2D eigenvalue weighted by atomic mass is 32.2. The minimum absolute atomic E-state index is 0.115. The standard InChI is InChI=1S/C30H34F4N2O9S/c1-29(28(39)40)11-9-17(10-12-29)45-24-14-20(23(44-3)15-21(24)31)27(38)36-25-19(7-8-22(25)43-2)26(37)35-16-5-4-6-18(13-16)46(41,42)30(32,33)34/h4-6,13-15,17,19,22,25H,7-12H2,1-3H3,(H,35,37)(H,36,38)(H,39,40)/t17?,19-,22-,25-,29?/m0/s1. The van der Waals surface area contributed by atoms with E-state index >= 15 is 0 Å². The molecule has 2 aliphatic rings. The number of carbonyl (C=O) groups is 3. The zero-order valence-corrected chi connectivity index (χ0v) is 26.0. The number of rotatable bonds is 10. The van der Waals surface area contributed by atoms with E-state index in [1.54, 1.807) is 6.92 Å². The number of methoxy groups -OCH3 is 2. The molecule has 11 nitrogen and oxygen atoms in total. The van der Waals surface area contributed by atoms with Crippen LogP contribution in [0.2, 0.25) is 0 Å². The summed E-state index contributed by atoms with van der Waals surface area (Å²) in [6.07, 6.45) is 0.759. The van der Waals surface area contributed by atoms with Gasteiger partial charge in [-0.25, -0.2) is 12.8 Å². The lowest BCUT2D eigenvalue weighted by Crippen LogP contribution is -2.48. The molecule has 2 amide bonds. The van der Waals surface area contributed by atoms with Crippen LogP contribution in [0.15, 0.2) is 41.3 Å². The third-order valence-corrected chi connectivity index (χ3v) is 10.1. The fraction of sp³-hybridized carbons (Fsp3) is 0.500. The number of alkyl halides is 3. The summed E-state index contributed by atoms with van der Waals surface area (Å²) < 4.78 is 94.3. The second-order valence-corrected chi connectivity index (χ2v) is 13.5. The number of benzene rings is 2. The molecule has 0 heterocycles. The fourth-order valence-electron chi connectivity index (χ4n) is 5.76. The first-order valence-electron chi connectivity index (χ1n) is 14.3. The number of carbonyl (C=O) groups excluding carboxylic acids is 2. The van der Waals surface area contributed by atoms with E-state index in [9.17, 15) is 45.5 Å². The lowest BCUT2D eigenvalue weighted by atomic mass is 9.75. The third-order valence-electron chi connectivity index (χ3n) is 8.59. The van der Waals surface area contributed by atoms with Crippen molar-refractivity contribution >= 4 is 33.3 Å². The summed E-state index contributed by atoms with van der Waals surface area (Å²) in [4.78, 5) is 37.3. The summed E-state index contributed by atoms with van der Waals surface area (Å²) in [5.74, 6) is -4.49. The molecule has 2 aromatic rings. The molecule has 0 bridgehead atoms. The van der Waals surface area contributed by atoms with Gasteiger partial charge in [0.15, 0.2) is 11.6 Å². The van der Waals surface area contributed by atoms with Crippen molar-refractivity contribution in [1.29, 1.82) is 0 Å². The summed E-state index contributed by atoms with van der Waals surface area (Å²) in [6.45, 7) is 1.64. The van der Waals surface area contributed by atoms with Crippen LogP contribution in [-0.4, -0.2) is 69.3 Å². The molecule has 2 aliphatic carbocycles. The molecule has 252 valence electrons. The molecule has 4 rings (SSSR count). The minimum Gasteiger partial charge on any atom is -0.496 e. The molecular weight excluding hydrogens is 640 g/mol. The molecule has 3 atom stereocenters. The highest BCUT2D eigenvalue weighted by Gasteiger charge is 2.47. The predicted molar refractivity (Wildman–Crippen MR) is 155 cm³/mol. The Morgan fingerprint density at radius 2 is 1.67 bits per heavy atom. The molecule has 0 spiro atoms. The molecular formula is C30H34F4N2O9S. The number of hydrogen-bond donors (Lipinski definition) is 3. The molecule has 2 fully saturated rings. The SMILES string of the molecule is COc1cc(F)c(OC2CCC(C)(C(=O)O)CC2)cc1C(=O)N[C@@H]1[C@@H](OC)CC[C@@H]1C(=O)Nc1cccc(S(=O)(=O)C(F)(F)F)c1. The first-order valence-corrected chi connectivity index (χ1v) is 15.8. The van der Waals surface area contributed by atoms with Crippen molar-refractivity contribution in [2.24, 2.45) is 11.3 Å². The van der Waals surface area contributed by atoms with Crippen molar-refractivity contribution in [3.05, 3.63) is 47.8 Å². The molecule has 46 heavy (non-hydrogen) atoms. The molecule has 2 aromatic carbocycles. The van der Waals surface area contributed by atoms with Crippen molar-refractivity contribution in [1.82, 2.24) is 5.32 Å². The smallest absolute Gasteiger partial charge is 0.496 e. The van der Waals surface area contributed by atoms with Gasteiger partial charge in [0.05, 0.1) is 47.2 Å². The zero-order valence-electron chi connectivity index (χ0n) is 25.1. The lowest BCUT2D eigenvalue weighted by molar-refractivity contribution is -0.150. The molecule has 3 N–H and O–H groups in total. The Morgan fingerprint density at radius 3 is 2.26 bits per heavy atom. The number of amides is 2. The van der Waals surface area contributed by atoms with Gasteiger partial charge in [-0.3, -0.25) is 14.4 Å². The number of carboxylic acids is 1. The van der Waals surface area contributed by atoms with E-state index in [1.165, 1.54) is 20.3 Å². The Hall–Kier alpha value is -3.92. The number of carboxylic acid groups (broad SMARTS) is 1. The second-order valence-electron chi connectivity index (χ2n) is 11.6. The quantitative estimate of drug-likeness (QED) is 0.304. The van der Waals surface area contributed by atoms with Crippen molar-refractivity contribution in [2.45, 2.75) is 74.1 Å². The van der Waals surface area contributed by atoms with Crippen molar-refractivity contribution in [3.63, 3.8) is 0 Å². The number of anilines is 1. The molecule has 0 aliphatic heterocycles. The van der Waals surface area contributed by atoms with Gasteiger partial charge >= 0.3 is 11.5 Å². The maximum atomic E-state index is 15.0. The minimum atomic E-state index is -5.66. The van der Waals surface area contributed by atoms with Crippen molar-refractivity contribution in [2.75, 3.05) is 19.5 Å². The fourth-order valence-corrected chi connectivity index (χ4v) is 6.57. The molecule has 0 aromatic heterocycles. The van der Waals surface area contributed by atoms with Gasteiger partial charge in [-0.15, -0.1) is 0 Å². The monoisotopic (exact) mass is 674 g/mol. The van der Waals surface area contributed by atoms with Crippen LogP contribution in [0, 0.1) is 17.2 Å². The van der Waals surface area contributed by atoms with E-state index in [1.807, 2.05) is 0 Å². The Balaban J connectivity index is 1.52. The van der Waals surface area contributed by atoms with Crippen LogP contribution in [0.25, 0.3) is 0 Å². The highest BCUT2D eigenvalue weighted by molar-refractivity contribution is 7.92. The van der Waals surface area contributed by atoms with Crippen LogP contribution in [0.1, 0.15) is 55.8 Å². The van der Waals surface area contributed by atoms with E-state index < -0.39 is 73.4 Å². The molecule has 0 unspecified atom stereocenters. The van der Waals surface area contributed by atoms with Gasteiger partial charge in [0, 0.05) is 18.9 Å². The summed E-state index contributed by atoms with van der Waals surface area (Å²) in [5, 5.41) is 14.6. The van der Waals surface area contributed by atoms with E-state index in [0.29, 0.717) is 38.2 Å². The molecule has 16 heteroatoms. The van der Waals surface area contributed by atoms with Crippen LogP contribution < -0.4 is 20.1 Å². The molecule has 2 saturated carbocycles. The third kappa shape index (κ3) is 7.22. The highest BCUT2D eigenvalue weighted by Crippen LogP contribution is 2.39. The van der Waals surface area contributed by atoms with E-state index in [-0.39, 0.29) is 29.2 Å². The van der Waals surface area contributed by atoms with Gasteiger partial charge in [-0.05, 0) is 69.7 Å². The van der Waals surface area contributed by atoms with Crippen LogP contribution in [-0.2, 0) is 24.2 Å². The van der Waals surface area contributed by atoms with Crippen LogP contribution in [0.5, 0.6) is 11.5 Å². The number of aliphatic carboxylic acids is 1. The largest absolute Gasteiger partial charge is 0.501 e. The van der Waals surface area contributed by atoms with E-state index in [0.717, 1.165) is 24.3 Å². The van der Waals surface area contributed by atoms with Crippen LogP contribution >= 0.6 is 0 Å². The molecule has 0 saturated heterocycles. The number of ether oxygens (including phenoxy) is 3. The normalized spacial score (nSPS) is 25.0. The second kappa shape index (κ2) is 13.4. The predicted octanol–water partition coefficient (Wildman–Crippen LogP) is 4.70. The number of sulfone groups is 1. The Bertz CT molecular complexity index is 1590. The maximum absolute atomic E-state index is 15.0. The number of halogens is 4. The summed E-state index contributed by atoms with van der Waals surface area (Å²) in [6, 6.07) is 4.92. The Kier molecular flexibility index (Phi) is 10.2. The average molecular weight is 675 g/mol. The van der Waals surface area contributed by atoms with Gasteiger partial charge in [0.2, 0.25) is 5.91 Å².